The maximum absolute atomic E-state index is 13.5. The lowest BCUT2D eigenvalue weighted by atomic mass is 10.0. The van der Waals surface area contributed by atoms with Crippen LogP contribution in [0.3, 0.4) is 0 Å². The van der Waals surface area contributed by atoms with Crippen LogP contribution < -0.4 is 10.5 Å². The van der Waals surface area contributed by atoms with Crippen molar-refractivity contribution in [3.63, 3.8) is 0 Å². The molecule has 4 N–H and O–H groups in total. The zero-order chi connectivity index (χ0) is 23.4. The molecular weight excluding hydrogens is 425 g/mol. The molecule has 0 fully saturated rings. The van der Waals surface area contributed by atoms with E-state index in [1.165, 1.54) is 12.1 Å². The smallest absolute Gasteiger partial charge is 0.196 e. The third-order valence-electron chi connectivity index (χ3n) is 5.07. The Labute approximate surface area is 189 Å². The van der Waals surface area contributed by atoms with Gasteiger partial charge in [0, 0.05) is 29.2 Å². The Kier molecular flexibility index (Phi) is 6.48. The molecule has 0 saturated heterocycles. The number of pyridine rings is 1. The van der Waals surface area contributed by atoms with Gasteiger partial charge in [-0.1, -0.05) is 12.1 Å². The van der Waals surface area contributed by atoms with E-state index in [-0.39, 0.29) is 29.6 Å². The summed E-state index contributed by atoms with van der Waals surface area (Å²) in [6.45, 7) is -0.536. The van der Waals surface area contributed by atoms with E-state index >= 15 is 0 Å². The number of nitrogens with zero attached hydrogens (tertiary/aromatic N) is 2. The van der Waals surface area contributed by atoms with E-state index in [0.29, 0.717) is 22.7 Å². The van der Waals surface area contributed by atoms with Crippen molar-refractivity contribution in [3.8, 4) is 22.7 Å². The highest BCUT2D eigenvalue weighted by atomic mass is 19.1. The number of aliphatic hydroxyl groups excluding tert-OH is 2. The first-order valence-corrected chi connectivity index (χ1v) is 10.2. The third-order valence-corrected chi connectivity index (χ3v) is 5.07. The molecule has 0 spiro atoms. The summed E-state index contributed by atoms with van der Waals surface area (Å²) in [6, 6.07) is 17.6. The first kappa shape index (κ1) is 22.2. The van der Waals surface area contributed by atoms with Crippen molar-refractivity contribution in [2.24, 2.45) is 0 Å². The van der Waals surface area contributed by atoms with Crippen LogP contribution in [-0.2, 0) is 0 Å². The number of aliphatic hydroxyl groups is 2. The zero-order valence-corrected chi connectivity index (χ0v) is 17.6. The van der Waals surface area contributed by atoms with Crippen molar-refractivity contribution in [1.82, 2.24) is 9.55 Å². The quantitative estimate of drug-likeness (QED) is 0.358. The summed E-state index contributed by atoms with van der Waals surface area (Å²) in [7, 11) is 0. The van der Waals surface area contributed by atoms with Gasteiger partial charge in [0.1, 0.15) is 30.1 Å². The number of carbonyl (C=O) groups is 1. The predicted octanol–water partition coefficient (Wildman–Crippen LogP) is 3.22. The van der Waals surface area contributed by atoms with Gasteiger partial charge < -0.3 is 20.7 Å². The fraction of sp³-hybridized carbons (Fsp3) is 0.120. The number of aromatic nitrogens is 2. The van der Waals surface area contributed by atoms with Crippen molar-refractivity contribution in [2.45, 2.75) is 6.10 Å². The number of benzene rings is 2. The zero-order valence-electron chi connectivity index (χ0n) is 17.6. The number of hydrogen-bond acceptors (Lipinski definition) is 6. The average Bonchev–Trinajstić information content (AvgIpc) is 3.20. The van der Waals surface area contributed by atoms with Crippen LogP contribution in [0.2, 0.25) is 0 Å². The molecule has 0 radical (unpaired) electrons. The number of anilines is 1. The largest absolute Gasteiger partial charge is 0.491 e. The second-order valence-electron chi connectivity index (χ2n) is 7.39. The molecule has 0 amide bonds. The van der Waals surface area contributed by atoms with Crippen molar-refractivity contribution in [1.29, 1.82) is 0 Å². The van der Waals surface area contributed by atoms with Gasteiger partial charge in [-0.2, -0.15) is 0 Å². The summed E-state index contributed by atoms with van der Waals surface area (Å²) >= 11 is 0. The van der Waals surface area contributed by atoms with Crippen LogP contribution in [0.5, 0.6) is 5.75 Å². The van der Waals surface area contributed by atoms with Crippen LogP contribution in [0.1, 0.15) is 15.9 Å². The molecule has 2 aromatic heterocycles. The number of hydrogen-bond donors (Lipinski definition) is 3. The molecule has 168 valence electrons. The Balaban J connectivity index is 1.76. The number of carbonyl (C=O) groups excluding carboxylic acids is 1. The Morgan fingerprint density at radius 1 is 1.12 bits per heavy atom. The van der Waals surface area contributed by atoms with Crippen molar-refractivity contribution < 1.29 is 24.1 Å². The SMILES string of the molecule is Nc1c(C(=O)c2cccc(OC[C@H](O)CO)c2)cc(-c2cccnc2)n1-c1ccc(F)cc1. The Hall–Kier alpha value is -4.01. The molecule has 2 aromatic carbocycles. The highest BCUT2D eigenvalue weighted by Crippen LogP contribution is 2.33. The molecule has 4 rings (SSSR count). The van der Waals surface area contributed by atoms with Gasteiger partial charge in [0.05, 0.1) is 17.9 Å². The molecule has 0 aliphatic heterocycles. The van der Waals surface area contributed by atoms with Gasteiger partial charge in [0.2, 0.25) is 0 Å². The molecule has 33 heavy (non-hydrogen) atoms. The highest BCUT2D eigenvalue weighted by molar-refractivity contribution is 6.13. The maximum Gasteiger partial charge on any atom is 0.196 e. The third kappa shape index (κ3) is 4.77. The summed E-state index contributed by atoms with van der Waals surface area (Å²) in [5.41, 5.74) is 9.02. The van der Waals surface area contributed by atoms with Crippen LogP contribution >= 0.6 is 0 Å². The number of rotatable bonds is 8. The van der Waals surface area contributed by atoms with Crippen molar-refractivity contribution in [2.75, 3.05) is 18.9 Å². The van der Waals surface area contributed by atoms with E-state index in [1.54, 1.807) is 65.5 Å². The predicted molar refractivity (Wildman–Crippen MR) is 122 cm³/mol. The molecule has 1 atom stereocenters. The topological polar surface area (TPSA) is 111 Å². The van der Waals surface area contributed by atoms with E-state index in [0.717, 1.165) is 5.56 Å². The highest BCUT2D eigenvalue weighted by Gasteiger charge is 2.22. The van der Waals surface area contributed by atoms with Crippen LogP contribution in [0.4, 0.5) is 10.2 Å². The molecule has 0 saturated carbocycles. The Bertz CT molecular complexity index is 1260. The van der Waals surface area contributed by atoms with Gasteiger partial charge in [0.15, 0.2) is 5.78 Å². The Morgan fingerprint density at radius 3 is 2.61 bits per heavy atom. The minimum atomic E-state index is -1.02. The maximum atomic E-state index is 13.5. The lowest BCUT2D eigenvalue weighted by Gasteiger charge is -2.12. The summed E-state index contributed by atoms with van der Waals surface area (Å²) < 4.78 is 20.6. The van der Waals surface area contributed by atoms with Crippen LogP contribution in [-0.4, -0.2) is 44.9 Å². The molecule has 0 aliphatic carbocycles. The van der Waals surface area contributed by atoms with E-state index in [1.807, 2.05) is 6.07 Å². The molecule has 0 aliphatic rings. The molecule has 0 bridgehead atoms. The van der Waals surface area contributed by atoms with Gasteiger partial charge >= 0.3 is 0 Å². The second-order valence-corrected chi connectivity index (χ2v) is 7.39. The number of ether oxygens (including phenoxy) is 1. The minimum absolute atomic E-state index is 0.109. The van der Waals surface area contributed by atoms with Crippen LogP contribution in [0.25, 0.3) is 16.9 Å². The van der Waals surface area contributed by atoms with E-state index in [2.05, 4.69) is 4.98 Å². The number of nitrogens with two attached hydrogens (primary N) is 1. The standard InChI is InChI=1S/C25H22FN3O4/c26-18-6-8-19(9-7-18)29-23(17-4-2-10-28-13-17)12-22(25(29)27)24(32)16-3-1-5-21(11-16)33-15-20(31)14-30/h1-13,20,30-31H,14-15,27H2/t20-/m1/s1. The van der Waals surface area contributed by atoms with Gasteiger partial charge in [0.25, 0.3) is 0 Å². The molecular formula is C25H22FN3O4. The minimum Gasteiger partial charge on any atom is -0.491 e. The van der Waals surface area contributed by atoms with E-state index < -0.39 is 12.7 Å². The Morgan fingerprint density at radius 2 is 1.91 bits per heavy atom. The van der Waals surface area contributed by atoms with Gasteiger partial charge in [-0.05, 0) is 54.6 Å². The molecule has 2 heterocycles. The summed E-state index contributed by atoms with van der Waals surface area (Å²) in [5, 5.41) is 18.4. The van der Waals surface area contributed by atoms with Gasteiger partial charge in [-0.15, -0.1) is 0 Å². The molecule has 7 nitrogen and oxygen atoms in total. The van der Waals surface area contributed by atoms with Crippen molar-refractivity contribution >= 4 is 11.6 Å². The lowest BCUT2D eigenvalue weighted by Crippen LogP contribution is -2.21. The number of nitrogen functional groups attached to an aromatic ring is 1. The van der Waals surface area contributed by atoms with Crippen LogP contribution in [0, 0.1) is 5.82 Å². The van der Waals surface area contributed by atoms with Crippen molar-refractivity contribution in [3.05, 3.63) is 96.1 Å². The van der Waals surface area contributed by atoms with E-state index in [4.69, 9.17) is 15.6 Å². The first-order chi connectivity index (χ1) is 16.0. The first-order valence-electron chi connectivity index (χ1n) is 10.2. The molecule has 8 heteroatoms. The van der Waals surface area contributed by atoms with Gasteiger partial charge in [-0.25, -0.2) is 4.39 Å². The summed E-state index contributed by atoms with van der Waals surface area (Å²) in [4.78, 5) is 17.5. The normalized spacial score (nSPS) is 11.8. The second kappa shape index (κ2) is 9.64. The summed E-state index contributed by atoms with van der Waals surface area (Å²) in [6.07, 6.45) is 2.28. The van der Waals surface area contributed by atoms with E-state index in [9.17, 15) is 14.3 Å². The fourth-order valence-corrected chi connectivity index (χ4v) is 3.43. The fourth-order valence-electron chi connectivity index (χ4n) is 3.43. The van der Waals surface area contributed by atoms with Crippen LogP contribution in [0.15, 0.2) is 79.1 Å². The molecule has 0 unspecified atom stereocenters. The monoisotopic (exact) mass is 447 g/mol. The number of halogens is 1. The van der Waals surface area contributed by atoms with Gasteiger partial charge in [-0.3, -0.25) is 14.3 Å². The average molecular weight is 447 g/mol. The number of ketones is 1. The lowest BCUT2D eigenvalue weighted by molar-refractivity contribution is 0.0536. The molecule has 4 aromatic rings. The summed E-state index contributed by atoms with van der Waals surface area (Å²) in [5.74, 6) is -0.136.